The zero-order valence-electron chi connectivity index (χ0n) is 18.1. The molecule has 4 aromatic rings. The standard InChI is InChI=1S/C27H20F3N3S/c28-27(29,30)22-9-7-20(8-10-22)26-31-16-21-17-33(15-14-25(21)32-26)18-24-13-12-23(34-24)11-6-19-4-2-1-3-5-19/h1-5,7-10,12-13,16H,14-15,17-18H2. The number of hydrogen-bond donors (Lipinski definition) is 0. The van der Waals surface area contributed by atoms with Gasteiger partial charge in [-0.05, 0) is 36.4 Å². The average Bonchev–Trinajstić information content (AvgIpc) is 3.30. The quantitative estimate of drug-likeness (QED) is 0.331. The number of thiophene rings is 1. The van der Waals surface area contributed by atoms with Crippen molar-refractivity contribution in [3.63, 3.8) is 0 Å². The number of fused-ring (bicyclic) bond motifs is 1. The van der Waals surface area contributed by atoms with Crippen molar-refractivity contribution in [1.29, 1.82) is 0 Å². The van der Waals surface area contributed by atoms with Crippen molar-refractivity contribution < 1.29 is 13.2 Å². The second-order valence-electron chi connectivity index (χ2n) is 8.08. The second kappa shape index (κ2) is 9.41. The molecule has 2 aromatic heterocycles. The third-order valence-electron chi connectivity index (χ3n) is 5.63. The van der Waals surface area contributed by atoms with Gasteiger partial charge in [0.15, 0.2) is 5.82 Å². The first-order valence-corrected chi connectivity index (χ1v) is 11.7. The van der Waals surface area contributed by atoms with Crippen LogP contribution in [0.5, 0.6) is 0 Å². The largest absolute Gasteiger partial charge is 0.416 e. The average molecular weight is 476 g/mol. The molecule has 0 atom stereocenters. The van der Waals surface area contributed by atoms with Crippen molar-refractivity contribution in [2.75, 3.05) is 6.54 Å². The highest BCUT2D eigenvalue weighted by atomic mass is 32.1. The van der Waals surface area contributed by atoms with Crippen LogP contribution in [-0.4, -0.2) is 21.4 Å². The molecule has 0 radical (unpaired) electrons. The summed E-state index contributed by atoms with van der Waals surface area (Å²) in [6.07, 6.45) is -1.78. The minimum atomic E-state index is -4.35. The Kier molecular flexibility index (Phi) is 6.18. The van der Waals surface area contributed by atoms with Gasteiger partial charge in [0.25, 0.3) is 0 Å². The summed E-state index contributed by atoms with van der Waals surface area (Å²) in [5, 5.41) is 0. The summed E-state index contributed by atoms with van der Waals surface area (Å²) in [5.41, 5.74) is 2.93. The Morgan fingerprint density at radius 3 is 2.50 bits per heavy atom. The van der Waals surface area contributed by atoms with E-state index in [1.807, 2.05) is 30.3 Å². The van der Waals surface area contributed by atoms with Gasteiger partial charge in [-0.1, -0.05) is 42.2 Å². The molecule has 0 amide bonds. The van der Waals surface area contributed by atoms with Gasteiger partial charge in [-0.3, -0.25) is 4.90 Å². The molecule has 34 heavy (non-hydrogen) atoms. The zero-order chi connectivity index (χ0) is 23.5. The first kappa shape index (κ1) is 22.3. The highest BCUT2D eigenvalue weighted by Gasteiger charge is 2.30. The predicted molar refractivity (Wildman–Crippen MR) is 127 cm³/mol. The summed E-state index contributed by atoms with van der Waals surface area (Å²) >= 11 is 1.70. The number of aromatic nitrogens is 2. The lowest BCUT2D eigenvalue weighted by atomic mass is 10.1. The van der Waals surface area contributed by atoms with E-state index in [4.69, 9.17) is 0 Å². The van der Waals surface area contributed by atoms with E-state index < -0.39 is 11.7 Å². The SMILES string of the molecule is FC(F)(F)c1ccc(-c2ncc3c(n2)CCN(Cc2ccc(C#Cc4ccccc4)s2)C3)cc1. The lowest BCUT2D eigenvalue weighted by molar-refractivity contribution is -0.137. The van der Waals surface area contributed by atoms with E-state index in [2.05, 4.69) is 38.8 Å². The maximum Gasteiger partial charge on any atom is 0.416 e. The van der Waals surface area contributed by atoms with Gasteiger partial charge in [0.1, 0.15) is 0 Å². The molecule has 2 aromatic carbocycles. The molecule has 170 valence electrons. The van der Waals surface area contributed by atoms with Crippen molar-refractivity contribution >= 4 is 11.3 Å². The molecule has 5 rings (SSSR count). The summed E-state index contributed by atoms with van der Waals surface area (Å²) in [4.78, 5) is 13.7. The molecule has 0 unspecified atom stereocenters. The Labute approximate surface area is 199 Å². The molecule has 1 aliphatic rings. The van der Waals surface area contributed by atoms with Gasteiger partial charge in [-0.25, -0.2) is 9.97 Å². The maximum atomic E-state index is 12.8. The highest BCUT2D eigenvalue weighted by molar-refractivity contribution is 7.12. The summed E-state index contributed by atoms with van der Waals surface area (Å²) in [6, 6.07) is 19.1. The number of nitrogens with zero attached hydrogens (tertiary/aromatic N) is 3. The van der Waals surface area contributed by atoms with E-state index in [9.17, 15) is 13.2 Å². The van der Waals surface area contributed by atoms with Gasteiger partial charge in [0, 0.05) is 53.8 Å². The maximum absolute atomic E-state index is 12.8. The van der Waals surface area contributed by atoms with Gasteiger partial charge < -0.3 is 0 Å². The third kappa shape index (κ3) is 5.19. The molecular weight excluding hydrogens is 455 g/mol. The molecule has 0 saturated heterocycles. The van der Waals surface area contributed by atoms with E-state index in [0.29, 0.717) is 11.4 Å². The van der Waals surface area contributed by atoms with Crippen LogP contribution in [0.25, 0.3) is 11.4 Å². The van der Waals surface area contributed by atoms with Crippen LogP contribution in [0, 0.1) is 11.8 Å². The Morgan fingerprint density at radius 2 is 1.74 bits per heavy atom. The fraction of sp³-hybridized carbons (Fsp3) is 0.185. The number of benzene rings is 2. The van der Waals surface area contributed by atoms with E-state index in [0.717, 1.165) is 59.9 Å². The molecule has 0 N–H and O–H groups in total. The van der Waals surface area contributed by atoms with Crippen LogP contribution in [0.15, 0.2) is 72.9 Å². The van der Waals surface area contributed by atoms with Crippen LogP contribution < -0.4 is 0 Å². The predicted octanol–water partition coefficient (Wildman–Crippen LogP) is 6.18. The molecule has 0 bridgehead atoms. The van der Waals surface area contributed by atoms with Crippen LogP contribution >= 0.6 is 11.3 Å². The van der Waals surface area contributed by atoms with Crippen LogP contribution in [0.2, 0.25) is 0 Å². The van der Waals surface area contributed by atoms with Gasteiger partial charge in [0.05, 0.1) is 16.1 Å². The summed E-state index contributed by atoms with van der Waals surface area (Å²) < 4.78 is 38.4. The van der Waals surface area contributed by atoms with E-state index in [1.165, 1.54) is 17.0 Å². The van der Waals surface area contributed by atoms with Gasteiger partial charge in [-0.15, -0.1) is 11.3 Å². The monoisotopic (exact) mass is 475 g/mol. The lowest BCUT2D eigenvalue weighted by Gasteiger charge is -2.27. The molecule has 1 aliphatic heterocycles. The number of alkyl halides is 3. The Balaban J connectivity index is 1.24. The summed E-state index contributed by atoms with van der Waals surface area (Å²) in [6.45, 7) is 2.43. The van der Waals surface area contributed by atoms with Crippen molar-refractivity contribution in [1.82, 2.24) is 14.9 Å². The highest BCUT2D eigenvalue weighted by Crippen LogP contribution is 2.31. The Morgan fingerprint density at radius 1 is 0.941 bits per heavy atom. The molecule has 0 aliphatic carbocycles. The zero-order valence-corrected chi connectivity index (χ0v) is 19.0. The number of hydrogen-bond acceptors (Lipinski definition) is 4. The van der Waals surface area contributed by atoms with Crippen molar-refractivity contribution in [2.24, 2.45) is 0 Å². The number of halogens is 3. The van der Waals surface area contributed by atoms with Gasteiger partial charge >= 0.3 is 6.18 Å². The third-order valence-corrected chi connectivity index (χ3v) is 6.61. The smallest absolute Gasteiger partial charge is 0.293 e. The second-order valence-corrected chi connectivity index (χ2v) is 9.25. The minimum absolute atomic E-state index is 0.459. The normalized spacial score (nSPS) is 13.7. The first-order chi connectivity index (χ1) is 16.4. The topological polar surface area (TPSA) is 29.0 Å². The van der Waals surface area contributed by atoms with E-state index in [-0.39, 0.29) is 0 Å². The molecule has 0 fully saturated rings. The molecule has 3 heterocycles. The van der Waals surface area contributed by atoms with Gasteiger partial charge in [0.2, 0.25) is 0 Å². The van der Waals surface area contributed by atoms with Gasteiger partial charge in [-0.2, -0.15) is 13.2 Å². The number of rotatable bonds is 3. The van der Waals surface area contributed by atoms with Crippen molar-refractivity contribution in [3.8, 4) is 23.2 Å². The van der Waals surface area contributed by atoms with Crippen LogP contribution in [0.1, 0.15) is 32.1 Å². The fourth-order valence-electron chi connectivity index (χ4n) is 3.86. The Bertz CT molecular complexity index is 1350. The fourth-order valence-corrected chi connectivity index (χ4v) is 4.77. The van der Waals surface area contributed by atoms with Crippen LogP contribution in [0.4, 0.5) is 13.2 Å². The summed E-state index contributed by atoms with van der Waals surface area (Å²) in [7, 11) is 0. The molecule has 7 heteroatoms. The van der Waals surface area contributed by atoms with E-state index >= 15 is 0 Å². The molecule has 3 nitrogen and oxygen atoms in total. The van der Waals surface area contributed by atoms with Crippen molar-refractivity contribution in [3.05, 3.63) is 105 Å². The van der Waals surface area contributed by atoms with Crippen LogP contribution in [-0.2, 0) is 25.7 Å². The summed E-state index contributed by atoms with van der Waals surface area (Å²) in [5.74, 6) is 6.89. The van der Waals surface area contributed by atoms with E-state index in [1.54, 1.807) is 17.5 Å². The first-order valence-electron chi connectivity index (χ1n) is 10.8. The molecular formula is C27H20F3N3S. The molecule has 0 saturated carbocycles. The molecule has 0 spiro atoms. The lowest BCUT2D eigenvalue weighted by Crippen LogP contribution is -2.30. The van der Waals surface area contributed by atoms with Crippen molar-refractivity contribution in [2.45, 2.75) is 25.7 Å². The van der Waals surface area contributed by atoms with Crippen LogP contribution in [0.3, 0.4) is 0 Å². The minimum Gasteiger partial charge on any atom is -0.293 e. The Hall–Kier alpha value is -3.47.